The molecule has 0 bridgehead atoms. The Hall–Kier alpha value is -2.86. The number of phenols is 2. The zero-order valence-corrected chi connectivity index (χ0v) is 11.0. The van der Waals surface area contributed by atoms with Crippen LogP contribution >= 0.6 is 0 Å². The summed E-state index contributed by atoms with van der Waals surface area (Å²) in [6.07, 6.45) is 1.17. The first-order valence-electron chi connectivity index (χ1n) is 6.32. The Labute approximate surface area is 120 Å². The lowest BCUT2D eigenvalue weighted by atomic mass is 9.95. The molecule has 0 aromatic heterocycles. The maximum absolute atomic E-state index is 10.1. The predicted molar refractivity (Wildman–Crippen MR) is 77.6 cm³/mol. The zero-order valence-electron chi connectivity index (χ0n) is 11.0. The molecule has 6 nitrogen and oxygen atoms in total. The summed E-state index contributed by atoms with van der Waals surface area (Å²) in [6.45, 7) is 0. The van der Waals surface area contributed by atoms with Crippen LogP contribution in [0.2, 0.25) is 0 Å². The van der Waals surface area contributed by atoms with Gasteiger partial charge in [-0.15, -0.1) is 5.10 Å². The van der Waals surface area contributed by atoms with Gasteiger partial charge in [-0.1, -0.05) is 30.3 Å². The first-order valence-corrected chi connectivity index (χ1v) is 6.32. The van der Waals surface area contributed by atoms with Gasteiger partial charge in [-0.3, -0.25) is 5.21 Å². The zero-order chi connectivity index (χ0) is 14.8. The van der Waals surface area contributed by atoms with Crippen molar-refractivity contribution in [3.05, 3.63) is 59.7 Å². The minimum Gasteiger partial charge on any atom is -0.508 e. The fourth-order valence-corrected chi connectivity index (χ4v) is 2.27. The Balaban J connectivity index is 2.10. The lowest BCUT2D eigenvalue weighted by molar-refractivity contribution is -0.0296. The van der Waals surface area contributed by atoms with Crippen LogP contribution < -0.4 is 0 Å². The number of hydrogen-bond acceptors (Lipinski definition) is 6. The number of rotatable bonds is 2. The monoisotopic (exact) mass is 283 g/mol. The number of benzene rings is 2. The molecule has 0 aliphatic carbocycles. The van der Waals surface area contributed by atoms with Gasteiger partial charge >= 0.3 is 0 Å². The van der Waals surface area contributed by atoms with Crippen LogP contribution in [-0.2, 0) is 0 Å². The molecule has 0 radical (unpaired) electrons. The van der Waals surface area contributed by atoms with E-state index in [0.29, 0.717) is 11.3 Å². The van der Waals surface area contributed by atoms with Crippen molar-refractivity contribution in [1.29, 1.82) is 0 Å². The average molecular weight is 283 g/mol. The van der Waals surface area contributed by atoms with Crippen molar-refractivity contribution in [1.82, 2.24) is 5.06 Å². The van der Waals surface area contributed by atoms with Crippen LogP contribution in [0.1, 0.15) is 17.2 Å². The van der Waals surface area contributed by atoms with Gasteiger partial charge in [0.25, 0.3) is 0 Å². The summed E-state index contributed by atoms with van der Waals surface area (Å²) in [5.41, 5.74) is 1.71. The molecular formula is C15H13N3O3. The van der Waals surface area contributed by atoms with Gasteiger partial charge in [0.2, 0.25) is 0 Å². The minimum atomic E-state index is -0.703. The van der Waals surface area contributed by atoms with Crippen LogP contribution in [-0.4, -0.2) is 32.5 Å². The Morgan fingerprint density at radius 2 is 1.76 bits per heavy atom. The summed E-state index contributed by atoms with van der Waals surface area (Å²) in [5, 5.41) is 38.2. The summed E-state index contributed by atoms with van der Waals surface area (Å²) in [7, 11) is 0. The van der Waals surface area contributed by atoms with E-state index < -0.39 is 6.04 Å². The van der Waals surface area contributed by atoms with Gasteiger partial charge in [0.15, 0.2) is 0 Å². The third-order valence-electron chi connectivity index (χ3n) is 3.24. The molecule has 1 heterocycles. The van der Waals surface area contributed by atoms with Crippen LogP contribution in [0.25, 0.3) is 0 Å². The third-order valence-corrected chi connectivity index (χ3v) is 3.24. The van der Waals surface area contributed by atoms with E-state index in [4.69, 9.17) is 0 Å². The molecule has 1 aliphatic heterocycles. The standard InChI is InChI=1S/C15H13N3O3/c19-11-6-7-12(13(20)8-11)15-14(17-16-9-18(15)21)10-4-2-1-3-5-10/h1-9,15,19-21H. The van der Waals surface area contributed by atoms with E-state index in [9.17, 15) is 15.4 Å². The topological polar surface area (TPSA) is 88.7 Å². The SMILES string of the molecule is Oc1ccc(C2C(c3ccccc3)=NN=CN2O)c(O)c1. The lowest BCUT2D eigenvalue weighted by Crippen LogP contribution is -2.33. The number of hydroxylamine groups is 2. The Kier molecular flexibility index (Phi) is 3.29. The van der Waals surface area contributed by atoms with Crippen molar-refractivity contribution in [3.8, 4) is 11.5 Å². The molecule has 21 heavy (non-hydrogen) atoms. The van der Waals surface area contributed by atoms with Gasteiger partial charge in [0, 0.05) is 17.2 Å². The van der Waals surface area contributed by atoms with Crippen molar-refractivity contribution < 1.29 is 15.4 Å². The summed E-state index contributed by atoms with van der Waals surface area (Å²) in [6, 6.07) is 12.8. The van der Waals surface area contributed by atoms with E-state index in [-0.39, 0.29) is 11.5 Å². The van der Waals surface area contributed by atoms with Gasteiger partial charge in [0.1, 0.15) is 29.6 Å². The Bertz CT molecular complexity index is 713. The molecule has 2 aromatic rings. The number of nitrogens with zero attached hydrogens (tertiary/aromatic N) is 3. The normalized spacial score (nSPS) is 17.7. The molecular weight excluding hydrogens is 270 g/mol. The quantitative estimate of drug-likeness (QED) is 0.789. The first kappa shape index (κ1) is 13.1. The smallest absolute Gasteiger partial charge is 0.139 e. The van der Waals surface area contributed by atoms with Crippen LogP contribution in [0.15, 0.2) is 58.7 Å². The number of hydrogen-bond donors (Lipinski definition) is 3. The fourth-order valence-electron chi connectivity index (χ4n) is 2.27. The highest BCUT2D eigenvalue weighted by atomic mass is 16.5. The molecule has 2 aromatic carbocycles. The summed E-state index contributed by atoms with van der Waals surface area (Å²) < 4.78 is 0. The van der Waals surface area contributed by atoms with Gasteiger partial charge in [-0.05, 0) is 12.1 Å². The third kappa shape index (κ3) is 2.44. The molecule has 0 spiro atoms. The Morgan fingerprint density at radius 3 is 2.48 bits per heavy atom. The largest absolute Gasteiger partial charge is 0.508 e. The molecule has 1 atom stereocenters. The molecule has 0 fully saturated rings. The summed E-state index contributed by atoms with van der Waals surface area (Å²) in [4.78, 5) is 0. The second kappa shape index (κ2) is 5.26. The maximum atomic E-state index is 10.1. The number of aromatic hydroxyl groups is 2. The van der Waals surface area contributed by atoms with Crippen LogP contribution in [0.4, 0.5) is 0 Å². The molecule has 3 N–H and O–H groups in total. The highest BCUT2D eigenvalue weighted by Gasteiger charge is 2.29. The molecule has 1 unspecified atom stereocenters. The van der Waals surface area contributed by atoms with Gasteiger partial charge in [-0.25, -0.2) is 5.06 Å². The highest BCUT2D eigenvalue weighted by Crippen LogP contribution is 2.34. The minimum absolute atomic E-state index is 0.0524. The van der Waals surface area contributed by atoms with E-state index in [1.165, 1.54) is 24.5 Å². The maximum Gasteiger partial charge on any atom is 0.139 e. The molecule has 0 amide bonds. The molecule has 0 saturated heterocycles. The van der Waals surface area contributed by atoms with E-state index in [0.717, 1.165) is 10.6 Å². The average Bonchev–Trinajstić information content (AvgIpc) is 2.49. The van der Waals surface area contributed by atoms with Crippen LogP contribution in [0.5, 0.6) is 11.5 Å². The highest BCUT2D eigenvalue weighted by molar-refractivity contribution is 6.06. The van der Waals surface area contributed by atoms with Crippen molar-refractivity contribution in [2.45, 2.75) is 6.04 Å². The van der Waals surface area contributed by atoms with E-state index in [1.807, 2.05) is 30.3 Å². The van der Waals surface area contributed by atoms with E-state index in [1.54, 1.807) is 0 Å². The van der Waals surface area contributed by atoms with Crippen LogP contribution in [0.3, 0.4) is 0 Å². The molecule has 3 rings (SSSR count). The predicted octanol–water partition coefficient (Wildman–Crippen LogP) is 2.28. The van der Waals surface area contributed by atoms with Crippen molar-refractivity contribution in [2.24, 2.45) is 10.2 Å². The van der Waals surface area contributed by atoms with Crippen molar-refractivity contribution in [3.63, 3.8) is 0 Å². The molecule has 1 aliphatic rings. The summed E-state index contributed by atoms with van der Waals surface area (Å²) in [5.74, 6) is -0.179. The van der Waals surface area contributed by atoms with E-state index >= 15 is 0 Å². The fraction of sp³-hybridized carbons (Fsp3) is 0.0667. The summed E-state index contributed by atoms with van der Waals surface area (Å²) >= 11 is 0. The van der Waals surface area contributed by atoms with Crippen molar-refractivity contribution in [2.75, 3.05) is 0 Å². The van der Waals surface area contributed by atoms with Crippen molar-refractivity contribution >= 4 is 12.1 Å². The van der Waals surface area contributed by atoms with Gasteiger partial charge in [-0.2, -0.15) is 5.10 Å². The van der Waals surface area contributed by atoms with Gasteiger partial charge < -0.3 is 10.2 Å². The second-order valence-corrected chi connectivity index (χ2v) is 4.61. The van der Waals surface area contributed by atoms with Gasteiger partial charge in [0.05, 0.1) is 0 Å². The van der Waals surface area contributed by atoms with E-state index in [2.05, 4.69) is 10.2 Å². The molecule has 0 saturated carbocycles. The lowest BCUT2D eigenvalue weighted by Gasteiger charge is -2.28. The number of phenolic OH excluding ortho intramolecular Hbond substituents is 2. The second-order valence-electron chi connectivity index (χ2n) is 4.61. The molecule has 106 valence electrons. The molecule has 6 heteroatoms. The van der Waals surface area contributed by atoms with Crippen LogP contribution in [0, 0.1) is 0 Å². The Morgan fingerprint density at radius 1 is 1.00 bits per heavy atom. The first-order chi connectivity index (χ1) is 10.2.